The summed E-state index contributed by atoms with van der Waals surface area (Å²) in [5.74, 6) is 0. The fourth-order valence-corrected chi connectivity index (χ4v) is 1.68. The molecular formula is C9H9F3N2O2S. The lowest BCUT2D eigenvalue weighted by atomic mass is 10.2. The Morgan fingerprint density at radius 2 is 1.94 bits per heavy atom. The van der Waals surface area contributed by atoms with Crippen molar-refractivity contribution in [3.8, 4) is 0 Å². The first-order chi connectivity index (χ1) is 7.59. The van der Waals surface area contributed by atoms with E-state index in [0.717, 1.165) is 24.6 Å². The molecule has 0 N–H and O–H groups in total. The molecule has 0 radical (unpaired) electrons. The number of hydrogen-bond acceptors (Lipinski definition) is 3. The molecule has 94 valence electrons. The van der Waals surface area contributed by atoms with Gasteiger partial charge in [-0.25, -0.2) is 8.42 Å². The zero-order valence-electron chi connectivity index (χ0n) is 8.99. The van der Waals surface area contributed by atoms with Gasteiger partial charge in [0.25, 0.3) is 0 Å². The van der Waals surface area contributed by atoms with Crippen molar-refractivity contribution in [3.63, 3.8) is 0 Å². The smallest absolute Gasteiger partial charge is 0.251 e. The van der Waals surface area contributed by atoms with Gasteiger partial charge in [0.1, 0.15) is 5.69 Å². The molecule has 0 fully saturated rings. The van der Waals surface area contributed by atoms with Crippen LogP contribution in [-0.4, -0.2) is 25.4 Å². The Labute approximate surface area is 96.3 Å². The zero-order chi connectivity index (χ0) is 13.3. The highest BCUT2D eigenvalue weighted by molar-refractivity contribution is 7.89. The number of hydrogen-bond donors (Lipinski definition) is 0. The van der Waals surface area contributed by atoms with Crippen LogP contribution in [0.1, 0.15) is 18.2 Å². The minimum atomic E-state index is -4.51. The van der Waals surface area contributed by atoms with Crippen molar-refractivity contribution in [1.29, 1.82) is 0 Å². The quantitative estimate of drug-likeness (QED) is 0.768. The maximum absolute atomic E-state index is 12.2. The average molecular weight is 266 g/mol. The molecule has 1 heterocycles. The van der Waals surface area contributed by atoms with E-state index < -0.39 is 21.9 Å². The highest BCUT2D eigenvalue weighted by Crippen LogP contribution is 2.27. The first-order valence-electron chi connectivity index (χ1n) is 4.40. The summed E-state index contributed by atoms with van der Waals surface area (Å²) in [6.45, 7) is 1.38. The minimum Gasteiger partial charge on any atom is -0.251 e. The molecule has 0 amide bonds. The lowest BCUT2D eigenvalue weighted by Gasteiger charge is -2.06. The summed E-state index contributed by atoms with van der Waals surface area (Å²) < 4.78 is 61.7. The first kappa shape index (κ1) is 13.6. The Morgan fingerprint density at radius 1 is 1.35 bits per heavy atom. The van der Waals surface area contributed by atoms with Crippen molar-refractivity contribution < 1.29 is 21.6 Å². The number of rotatable bonds is 2. The van der Waals surface area contributed by atoms with Gasteiger partial charge >= 0.3 is 6.18 Å². The molecule has 0 spiro atoms. The van der Waals surface area contributed by atoms with Gasteiger partial charge in [-0.1, -0.05) is 0 Å². The molecule has 17 heavy (non-hydrogen) atoms. The summed E-state index contributed by atoms with van der Waals surface area (Å²) in [4.78, 5) is 3.20. The van der Waals surface area contributed by atoms with E-state index >= 15 is 0 Å². The molecule has 0 unspecified atom stereocenters. The molecule has 4 nitrogen and oxygen atoms in total. The van der Waals surface area contributed by atoms with E-state index in [1.165, 1.54) is 6.92 Å². The molecule has 0 saturated heterocycles. The SMILES string of the molecule is CC(=NS(C)(=O)=O)c1ccc(C(F)(F)F)nc1. The van der Waals surface area contributed by atoms with E-state index in [-0.39, 0.29) is 11.3 Å². The van der Waals surface area contributed by atoms with Gasteiger partial charge in [-0.2, -0.15) is 17.6 Å². The van der Waals surface area contributed by atoms with Gasteiger partial charge in [-0.3, -0.25) is 4.98 Å². The van der Waals surface area contributed by atoms with Crippen molar-refractivity contribution in [2.45, 2.75) is 13.1 Å². The Hall–Kier alpha value is -1.44. The average Bonchev–Trinajstić information content (AvgIpc) is 2.14. The van der Waals surface area contributed by atoms with E-state index in [1.54, 1.807) is 0 Å². The zero-order valence-corrected chi connectivity index (χ0v) is 9.80. The van der Waals surface area contributed by atoms with Gasteiger partial charge in [-0.05, 0) is 19.1 Å². The monoisotopic (exact) mass is 266 g/mol. The van der Waals surface area contributed by atoms with Crippen molar-refractivity contribution in [1.82, 2.24) is 4.98 Å². The number of nitrogens with zero attached hydrogens (tertiary/aromatic N) is 2. The summed E-state index contributed by atoms with van der Waals surface area (Å²) in [6, 6.07) is 1.90. The third kappa shape index (κ3) is 4.14. The fraction of sp³-hybridized carbons (Fsp3) is 0.333. The van der Waals surface area contributed by atoms with Gasteiger partial charge in [0.2, 0.25) is 10.0 Å². The van der Waals surface area contributed by atoms with Crippen molar-refractivity contribution in [3.05, 3.63) is 29.6 Å². The van der Waals surface area contributed by atoms with Crippen LogP contribution in [0, 0.1) is 0 Å². The van der Waals surface area contributed by atoms with Crippen molar-refractivity contribution >= 4 is 15.7 Å². The summed E-state index contributed by atoms with van der Waals surface area (Å²) >= 11 is 0. The topological polar surface area (TPSA) is 59.4 Å². The third-order valence-electron chi connectivity index (χ3n) is 1.77. The highest BCUT2D eigenvalue weighted by atomic mass is 32.2. The summed E-state index contributed by atoms with van der Waals surface area (Å²) in [7, 11) is -3.57. The van der Waals surface area contributed by atoms with Gasteiger partial charge in [0.05, 0.1) is 12.0 Å². The fourth-order valence-electron chi connectivity index (χ4n) is 1.08. The lowest BCUT2D eigenvalue weighted by Crippen LogP contribution is -2.09. The summed E-state index contributed by atoms with van der Waals surface area (Å²) in [6.07, 6.45) is -2.68. The molecule has 0 atom stereocenters. The molecule has 1 aromatic heterocycles. The normalized spacial score (nSPS) is 13.8. The molecular weight excluding hydrogens is 257 g/mol. The van der Waals surface area contributed by atoms with Crippen molar-refractivity contribution in [2.24, 2.45) is 4.40 Å². The molecule has 1 aromatic rings. The van der Waals surface area contributed by atoms with Crippen LogP contribution in [0.15, 0.2) is 22.7 Å². The molecule has 0 bridgehead atoms. The maximum atomic E-state index is 12.2. The number of sulfonamides is 1. The van der Waals surface area contributed by atoms with E-state index in [4.69, 9.17) is 0 Å². The van der Waals surface area contributed by atoms with E-state index in [9.17, 15) is 21.6 Å². The molecule has 1 rings (SSSR count). The third-order valence-corrected chi connectivity index (χ3v) is 2.38. The van der Waals surface area contributed by atoms with Gasteiger partial charge in [-0.15, -0.1) is 0 Å². The number of alkyl halides is 3. The van der Waals surface area contributed by atoms with Crippen LogP contribution in [0.5, 0.6) is 0 Å². The van der Waals surface area contributed by atoms with Crippen LogP contribution >= 0.6 is 0 Å². The first-order valence-corrected chi connectivity index (χ1v) is 6.24. The van der Waals surface area contributed by atoms with Crippen LogP contribution in [0.2, 0.25) is 0 Å². The maximum Gasteiger partial charge on any atom is 0.433 e. The van der Waals surface area contributed by atoms with Crippen LogP contribution in [0.4, 0.5) is 13.2 Å². The number of aromatic nitrogens is 1. The largest absolute Gasteiger partial charge is 0.433 e. The second kappa shape index (κ2) is 4.44. The van der Waals surface area contributed by atoms with Crippen LogP contribution in [0.25, 0.3) is 0 Å². The van der Waals surface area contributed by atoms with Crippen LogP contribution in [-0.2, 0) is 16.2 Å². The standard InChI is InChI=1S/C9H9F3N2O2S/c1-6(14-17(2,15)16)7-3-4-8(13-5-7)9(10,11)12/h3-5H,1-2H3. The predicted octanol–water partition coefficient (Wildman–Crippen LogP) is 1.87. The highest BCUT2D eigenvalue weighted by Gasteiger charge is 2.32. The van der Waals surface area contributed by atoms with Crippen LogP contribution in [0.3, 0.4) is 0 Å². The van der Waals surface area contributed by atoms with E-state index in [0.29, 0.717) is 0 Å². The van der Waals surface area contributed by atoms with Crippen LogP contribution < -0.4 is 0 Å². The molecule has 0 aliphatic rings. The molecule has 0 aliphatic carbocycles. The summed E-state index contributed by atoms with van der Waals surface area (Å²) in [5, 5.41) is 0. The van der Waals surface area contributed by atoms with E-state index in [2.05, 4.69) is 9.38 Å². The summed E-state index contributed by atoms with van der Waals surface area (Å²) in [5.41, 5.74) is -0.717. The molecule has 0 saturated carbocycles. The van der Waals surface area contributed by atoms with Gasteiger partial charge < -0.3 is 0 Å². The Morgan fingerprint density at radius 3 is 2.29 bits per heavy atom. The van der Waals surface area contributed by atoms with E-state index in [1.807, 2.05) is 0 Å². The second-order valence-electron chi connectivity index (χ2n) is 3.34. The van der Waals surface area contributed by atoms with Gasteiger partial charge in [0.15, 0.2) is 0 Å². The number of pyridine rings is 1. The van der Waals surface area contributed by atoms with Gasteiger partial charge in [0, 0.05) is 11.8 Å². The predicted molar refractivity (Wildman–Crippen MR) is 56.3 cm³/mol. The van der Waals surface area contributed by atoms with Crippen molar-refractivity contribution in [2.75, 3.05) is 6.26 Å². The number of halogens is 3. The Kier molecular flexibility index (Phi) is 3.56. The second-order valence-corrected chi connectivity index (χ2v) is 4.99. The molecule has 0 aromatic carbocycles. The molecule has 8 heteroatoms. The minimum absolute atomic E-state index is 0.0914. The lowest BCUT2D eigenvalue weighted by molar-refractivity contribution is -0.141. The Balaban J connectivity index is 3.08. The Bertz CT molecular complexity index is 532. The molecule has 0 aliphatic heterocycles.